The smallest absolute Gasteiger partial charge is 0.416 e. The number of imidazole rings is 1. The molecule has 3 aromatic rings. The Morgan fingerprint density at radius 1 is 1.18 bits per heavy atom. The van der Waals surface area contributed by atoms with Crippen LogP contribution in [0.5, 0.6) is 5.88 Å². The molecule has 0 aliphatic carbocycles. The van der Waals surface area contributed by atoms with E-state index in [1.54, 1.807) is 36.3 Å². The average molecular weight is 307 g/mol. The molecule has 3 rings (SSSR count). The summed E-state index contributed by atoms with van der Waals surface area (Å²) in [6.07, 6.45) is -1.18. The lowest BCUT2D eigenvalue weighted by Crippen LogP contribution is -2.06. The number of aromatic nitrogens is 3. The topological polar surface area (TPSA) is 39.9 Å². The van der Waals surface area contributed by atoms with Gasteiger partial charge in [0.25, 0.3) is 0 Å². The summed E-state index contributed by atoms with van der Waals surface area (Å²) in [6, 6.07) is 6.79. The lowest BCUT2D eigenvalue weighted by Gasteiger charge is -2.10. The summed E-state index contributed by atoms with van der Waals surface area (Å²) in [7, 11) is 1.80. The van der Waals surface area contributed by atoms with Crippen LogP contribution in [0.4, 0.5) is 13.2 Å². The number of ether oxygens (including phenoxy) is 1. The fraction of sp³-hybridized carbons (Fsp3) is 0.200. The highest BCUT2D eigenvalue weighted by molar-refractivity contribution is 5.79. The summed E-state index contributed by atoms with van der Waals surface area (Å²) >= 11 is 0. The first-order valence-electron chi connectivity index (χ1n) is 6.50. The Balaban J connectivity index is 1.84. The van der Waals surface area contributed by atoms with E-state index < -0.39 is 11.7 Å². The number of fused-ring (bicyclic) bond motifs is 1. The maximum Gasteiger partial charge on any atom is 0.416 e. The Labute approximate surface area is 124 Å². The molecule has 0 amide bonds. The molecule has 0 N–H and O–H groups in total. The molecular formula is C15H12F3N3O. The number of pyridine rings is 1. The summed E-state index contributed by atoms with van der Waals surface area (Å²) in [4.78, 5) is 8.30. The van der Waals surface area contributed by atoms with Crippen LogP contribution in [0, 0.1) is 0 Å². The Bertz CT molecular complexity index is 811. The van der Waals surface area contributed by atoms with Gasteiger partial charge in [0.1, 0.15) is 12.1 Å². The first-order valence-corrected chi connectivity index (χ1v) is 6.50. The van der Waals surface area contributed by atoms with E-state index in [-0.39, 0.29) is 6.61 Å². The summed E-state index contributed by atoms with van der Waals surface area (Å²) in [6.45, 7) is 0.00120. The lowest BCUT2D eigenvalue weighted by atomic mass is 10.1. The van der Waals surface area contributed by atoms with Gasteiger partial charge in [-0.05, 0) is 23.8 Å². The van der Waals surface area contributed by atoms with Crippen LogP contribution in [0.25, 0.3) is 11.0 Å². The quantitative estimate of drug-likeness (QED) is 0.742. The van der Waals surface area contributed by atoms with Crippen molar-refractivity contribution in [2.75, 3.05) is 0 Å². The molecule has 0 saturated heterocycles. The van der Waals surface area contributed by atoms with Crippen molar-refractivity contribution in [3.8, 4) is 5.88 Å². The molecule has 7 heteroatoms. The van der Waals surface area contributed by atoms with E-state index in [2.05, 4.69) is 9.97 Å². The van der Waals surface area contributed by atoms with Crippen molar-refractivity contribution in [3.63, 3.8) is 0 Å². The number of nitrogens with zero attached hydrogens (tertiary/aromatic N) is 3. The van der Waals surface area contributed by atoms with E-state index in [0.29, 0.717) is 17.0 Å². The second-order valence-electron chi connectivity index (χ2n) is 4.83. The van der Waals surface area contributed by atoms with Crippen LogP contribution in [-0.2, 0) is 19.8 Å². The molecule has 0 saturated carbocycles. The Morgan fingerprint density at radius 2 is 2.00 bits per heavy atom. The maximum atomic E-state index is 12.7. The number of benzene rings is 1. The molecule has 2 aromatic heterocycles. The highest BCUT2D eigenvalue weighted by atomic mass is 19.4. The van der Waals surface area contributed by atoms with Gasteiger partial charge in [0, 0.05) is 13.2 Å². The molecule has 0 bridgehead atoms. The second-order valence-corrected chi connectivity index (χ2v) is 4.83. The van der Waals surface area contributed by atoms with Gasteiger partial charge in [-0.25, -0.2) is 9.97 Å². The Morgan fingerprint density at radius 3 is 2.77 bits per heavy atom. The Kier molecular flexibility index (Phi) is 3.48. The summed E-state index contributed by atoms with van der Waals surface area (Å²) in [5, 5.41) is 0. The molecule has 0 aliphatic heterocycles. The summed E-state index contributed by atoms with van der Waals surface area (Å²) in [5.41, 5.74) is 1.15. The molecule has 0 unspecified atom stereocenters. The van der Waals surface area contributed by atoms with E-state index in [1.807, 2.05) is 0 Å². The summed E-state index contributed by atoms with van der Waals surface area (Å²) in [5.74, 6) is 0.343. The number of hydrogen-bond donors (Lipinski definition) is 0. The van der Waals surface area contributed by atoms with Crippen molar-refractivity contribution in [2.45, 2.75) is 12.8 Å². The van der Waals surface area contributed by atoms with Gasteiger partial charge >= 0.3 is 6.18 Å². The maximum absolute atomic E-state index is 12.7. The van der Waals surface area contributed by atoms with Crippen LogP contribution in [-0.4, -0.2) is 14.5 Å². The van der Waals surface area contributed by atoms with Crippen LogP contribution in [0.1, 0.15) is 11.1 Å². The van der Waals surface area contributed by atoms with E-state index >= 15 is 0 Å². The van der Waals surface area contributed by atoms with E-state index in [9.17, 15) is 13.2 Å². The van der Waals surface area contributed by atoms with E-state index in [4.69, 9.17) is 4.74 Å². The number of aryl methyl sites for hydroxylation is 1. The van der Waals surface area contributed by atoms with Gasteiger partial charge in [0.05, 0.1) is 17.4 Å². The van der Waals surface area contributed by atoms with Gasteiger partial charge in [-0.2, -0.15) is 13.2 Å². The predicted octanol–water partition coefficient (Wildman–Crippen LogP) is 3.57. The molecule has 0 atom stereocenters. The zero-order valence-corrected chi connectivity index (χ0v) is 11.6. The van der Waals surface area contributed by atoms with Crippen molar-refractivity contribution in [1.82, 2.24) is 14.5 Å². The van der Waals surface area contributed by atoms with Crippen molar-refractivity contribution < 1.29 is 17.9 Å². The lowest BCUT2D eigenvalue weighted by molar-refractivity contribution is -0.137. The third kappa shape index (κ3) is 2.74. The zero-order chi connectivity index (χ0) is 15.7. The first kappa shape index (κ1) is 14.4. The summed E-state index contributed by atoms with van der Waals surface area (Å²) < 4.78 is 45.4. The molecule has 4 nitrogen and oxygen atoms in total. The van der Waals surface area contributed by atoms with Gasteiger partial charge in [-0.15, -0.1) is 0 Å². The van der Waals surface area contributed by atoms with Gasteiger partial charge in [0.2, 0.25) is 5.88 Å². The molecule has 114 valence electrons. The Hall–Kier alpha value is -2.57. The zero-order valence-electron chi connectivity index (χ0n) is 11.6. The molecular weight excluding hydrogens is 295 g/mol. The minimum Gasteiger partial charge on any atom is -0.471 e. The number of rotatable bonds is 3. The number of hydrogen-bond acceptors (Lipinski definition) is 3. The monoisotopic (exact) mass is 307 g/mol. The standard InChI is InChI=1S/C15H12F3N3O/c1-21-9-20-12-5-6-19-14(13(12)21)22-8-10-3-2-4-11(7-10)15(16,17)18/h2-7,9H,8H2,1H3. The molecule has 22 heavy (non-hydrogen) atoms. The van der Waals surface area contributed by atoms with Crippen molar-refractivity contribution >= 4 is 11.0 Å². The van der Waals surface area contributed by atoms with Crippen LogP contribution < -0.4 is 4.74 Å². The molecule has 0 fully saturated rings. The van der Waals surface area contributed by atoms with Crippen LogP contribution in [0.15, 0.2) is 42.9 Å². The average Bonchev–Trinajstić information content (AvgIpc) is 2.87. The molecule has 0 aliphatic rings. The van der Waals surface area contributed by atoms with Gasteiger partial charge < -0.3 is 9.30 Å². The SMILES string of the molecule is Cn1cnc2ccnc(OCc3cccc(C(F)(F)F)c3)c21. The van der Waals surface area contributed by atoms with Crippen molar-refractivity contribution in [1.29, 1.82) is 0 Å². The van der Waals surface area contributed by atoms with Crippen LogP contribution >= 0.6 is 0 Å². The first-order chi connectivity index (χ1) is 10.4. The number of alkyl halides is 3. The molecule has 0 spiro atoms. The van der Waals surface area contributed by atoms with Gasteiger partial charge in [0.15, 0.2) is 0 Å². The fourth-order valence-electron chi connectivity index (χ4n) is 2.16. The molecule has 1 aromatic carbocycles. The molecule has 2 heterocycles. The van der Waals surface area contributed by atoms with E-state index in [1.165, 1.54) is 6.07 Å². The third-order valence-electron chi connectivity index (χ3n) is 3.22. The predicted molar refractivity (Wildman–Crippen MR) is 74.3 cm³/mol. The molecule has 0 radical (unpaired) electrons. The highest BCUT2D eigenvalue weighted by Gasteiger charge is 2.30. The largest absolute Gasteiger partial charge is 0.471 e. The van der Waals surface area contributed by atoms with Crippen molar-refractivity contribution in [3.05, 3.63) is 54.0 Å². The van der Waals surface area contributed by atoms with Gasteiger partial charge in [-0.1, -0.05) is 12.1 Å². The highest BCUT2D eigenvalue weighted by Crippen LogP contribution is 2.30. The fourth-order valence-corrected chi connectivity index (χ4v) is 2.16. The van der Waals surface area contributed by atoms with Crippen LogP contribution in [0.3, 0.4) is 0 Å². The number of halogens is 3. The van der Waals surface area contributed by atoms with E-state index in [0.717, 1.165) is 17.6 Å². The minimum atomic E-state index is -4.36. The minimum absolute atomic E-state index is 0.00120. The van der Waals surface area contributed by atoms with Gasteiger partial charge in [-0.3, -0.25) is 0 Å². The normalized spacial score (nSPS) is 11.8. The second kappa shape index (κ2) is 5.32. The third-order valence-corrected chi connectivity index (χ3v) is 3.22. The van der Waals surface area contributed by atoms with Crippen LogP contribution in [0.2, 0.25) is 0 Å². The van der Waals surface area contributed by atoms with Crippen molar-refractivity contribution in [2.24, 2.45) is 7.05 Å².